The molecule has 6 nitrogen and oxygen atoms in total. The molecule has 82 valence electrons. The Bertz CT molecular complexity index is 524. The average Bonchev–Trinajstić information content (AvgIpc) is 2.64. The largest absolute Gasteiger partial charge is 0.374 e. The molecule has 0 aromatic carbocycles. The highest BCUT2D eigenvalue weighted by molar-refractivity contribution is 7.19. The standard InChI is InChI=1S/C9H9N5OS/c1-5-6(3-2-4-11-5)7(15)12-9-14-13-8(10)16-9/h2-4H,1H3,(H2,10,13)(H,12,14,15). The quantitative estimate of drug-likeness (QED) is 0.812. The lowest BCUT2D eigenvalue weighted by Gasteiger charge is -2.02. The number of nitrogens with one attached hydrogen (secondary N) is 1. The van der Waals surface area contributed by atoms with Crippen LogP contribution in [-0.4, -0.2) is 21.1 Å². The van der Waals surface area contributed by atoms with Crippen molar-refractivity contribution < 1.29 is 4.79 Å². The summed E-state index contributed by atoms with van der Waals surface area (Å²) in [5.74, 6) is -0.262. The summed E-state index contributed by atoms with van der Waals surface area (Å²) in [6.45, 7) is 1.77. The predicted molar refractivity (Wildman–Crippen MR) is 61.2 cm³/mol. The van der Waals surface area contributed by atoms with E-state index >= 15 is 0 Å². The van der Waals surface area contributed by atoms with Gasteiger partial charge in [-0.3, -0.25) is 15.1 Å². The van der Waals surface area contributed by atoms with Crippen molar-refractivity contribution >= 4 is 27.5 Å². The van der Waals surface area contributed by atoms with Gasteiger partial charge in [-0.1, -0.05) is 11.3 Å². The Morgan fingerprint density at radius 3 is 2.94 bits per heavy atom. The Kier molecular flexibility index (Phi) is 2.78. The monoisotopic (exact) mass is 235 g/mol. The summed E-state index contributed by atoms with van der Waals surface area (Å²) in [5.41, 5.74) is 6.58. The summed E-state index contributed by atoms with van der Waals surface area (Å²) in [6, 6.07) is 3.40. The summed E-state index contributed by atoms with van der Waals surface area (Å²) in [6.07, 6.45) is 1.63. The van der Waals surface area contributed by atoms with Gasteiger partial charge in [-0.2, -0.15) is 0 Å². The molecule has 3 N–H and O–H groups in total. The highest BCUT2D eigenvalue weighted by atomic mass is 32.1. The van der Waals surface area contributed by atoms with Crippen molar-refractivity contribution in [2.45, 2.75) is 6.92 Å². The third-order valence-electron chi connectivity index (χ3n) is 1.91. The molecule has 2 heterocycles. The summed E-state index contributed by atoms with van der Waals surface area (Å²) >= 11 is 1.12. The van der Waals surface area contributed by atoms with Gasteiger partial charge in [0.1, 0.15) is 0 Å². The number of rotatable bonds is 2. The average molecular weight is 235 g/mol. The lowest BCUT2D eigenvalue weighted by Crippen LogP contribution is -2.13. The number of pyridine rings is 1. The van der Waals surface area contributed by atoms with Crippen LogP contribution in [0.25, 0.3) is 0 Å². The molecule has 2 aromatic heterocycles. The minimum atomic E-state index is -0.262. The number of anilines is 2. The van der Waals surface area contributed by atoms with Gasteiger partial charge in [0.05, 0.1) is 5.56 Å². The zero-order valence-corrected chi connectivity index (χ0v) is 9.28. The number of nitrogens with two attached hydrogens (primary N) is 1. The van der Waals surface area contributed by atoms with Crippen molar-refractivity contribution in [2.75, 3.05) is 11.1 Å². The number of aryl methyl sites for hydroxylation is 1. The van der Waals surface area contributed by atoms with E-state index in [9.17, 15) is 4.79 Å². The molecule has 0 spiro atoms. The van der Waals surface area contributed by atoms with E-state index in [1.807, 2.05) is 0 Å². The van der Waals surface area contributed by atoms with Crippen molar-refractivity contribution in [3.8, 4) is 0 Å². The first-order chi connectivity index (χ1) is 7.66. The van der Waals surface area contributed by atoms with Crippen LogP contribution in [0.5, 0.6) is 0 Å². The van der Waals surface area contributed by atoms with Crippen molar-refractivity contribution in [1.82, 2.24) is 15.2 Å². The van der Waals surface area contributed by atoms with E-state index in [1.54, 1.807) is 25.3 Å². The van der Waals surface area contributed by atoms with Gasteiger partial charge in [-0.15, -0.1) is 10.2 Å². The van der Waals surface area contributed by atoms with Gasteiger partial charge in [0.25, 0.3) is 5.91 Å². The molecule has 0 saturated carbocycles. The first-order valence-corrected chi connectivity index (χ1v) is 5.30. The molecule has 2 rings (SSSR count). The van der Waals surface area contributed by atoms with Crippen LogP contribution in [0.2, 0.25) is 0 Å². The van der Waals surface area contributed by atoms with Crippen molar-refractivity contribution in [1.29, 1.82) is 0 Å². The van der Waals surface area contributed by atoms with Gasteiger partial charge in [0, 0.05) is 11.9 Å². The van der Waals surface area contributed by atoms with Gasteiger partial charge >= 0.3 is 0 Å². The van der Waals surface area contributed by atoms with Crippen LogP contribution >= 0.6 is 11.3 Å². The minimum Gasteiger partial charge on any atom is -0.374 e. The molecule has 0 aliphatic heterocycles. The van der Waals surface area contributed by atoms with Gasteiger partial charge in [0.15, 0.2) is 0 Å². The maximum absolute atomic E-state index is 11.8. The lowest BCUT2D eigenvalue weighted by molar-refractivity contribution is 0.102. The maximum Gasteiger partial charge on any atom is 0.259 e. The molecule has 0 saturated heterocycles. The Balaban J connectivity index is 2.18. The van der Waals surface area contributed by atoms with E-state index in [-0.39, 0.29) is 5.91 Å². The van der Waals surface area contributed by atoms with Crippen LogP contribution < -0.4 is 11.1 Å². The first-order valence-electron chi connectivity index (χ1n) is 4.49. The van der Waals surface area contributed by atoms with Gasteiger partial charge in [-0.05, 0) is 19.1 Å². The summed E-state index contributed by atoms with van der Waals surface area (Å²) in [7, 11) is 0. The normalized spacial score (nSPS) is 10.1. The van der Waals surface area contributed by atoms with E-state index in [4.69, 9.17) is 5.73 Å². The van der Waals surface area contributed by atoms with Crippen LogP contribution in [0.1, 0.15) is 16.1 Å². The highest BCUT2D eigenvalue weighted by Gasteiger charge is 2.11. The molecular formula is C9H9N5OS. The van der Waals surface area contributed by atoms with Gasteiger partial charge in [0.2, 0.25) is 10.3 Å². The zero-order valence-electron chi connectivity index (χ0n) is 8.47. The van der Waals surface area contributed by atoms with Crippen molar-refractivity contribution in [3.63, 3.8) is 0 Å². The number of hydrogen-bond donors (Lipinski definition) is 2. The lowest BCUT2D eigenvalue weighted by atomic mass is 10.2. The third kappa shape index (κ3) is 2.14. The Morgan fingerprint density at radius 1 is 1.50 bits per heavy atom. The maximum atomic E-state index is 11.8. The molecule has 0 atom stereocenters. The third-order valence-corrected chi connectivity index (χ3v) is 2.58. The number of amides is 1. The van der Waals surface area contributed by atoms with Crippen LogP contribution in [-0.2, 0) is 0 Å². The molecule has 0 aliphatic rings. The smallest absolute Gasteiger partial charge is 0.259 e. The molecule has 0 aliphatic carbocycles. The zero-order chi connectivity index (χ0) is 11.5. The van der Waals surface area contributed by atoms with Crippen LogP contribution in [0.3, 0.4) is 0 Å². The van der Waals surface area contributed by atoms with E-state index < -0.39 is 0 Å². The molecule has 0 unspecified atom stereocenters. The second-order valence-corrected chi connectivity index (χ2v) is 4.05. The van der Waals surface area contributed by atoms with E-state index in [0.29, 0.717) is 21.5 Å². The molecule has 0 radical (unpaired) electrons. The summed E-state index contributed by atoms with van der Waals surface area (Å²) in [4.78, 5) is 15.8. The SMILES string of the molecule is Cc1ncccc1C(=O)Nc1nnc(N)s1. The van der Waals surface area contributed by atoms with Crippen LogP contribution in [0, 0.1) is 6.92 Å². The van der Waals surface area contributed by atoms with Crippen molar-refractivity contribution in [3.05, 3.63) is 29.6 Å². The number of hydrogen-bond acceptors (Lipinski definition) is 6. The fourth-order valence-electron chi connectivity index (χ4n) is 1.17. The number of aromatic nitrogens is 3. The predicted octanol–water partition coefficient (Wildman–Crippen LogP) is 1.08. The molecule has 1 amide bonds. The molecule has 0 bridgehead atoms. The molecular weight excluding hydrogens is 226 g/mol. The van der Waals surface area contributed by atoms with Crippen LogP contribution in [0.4, 0.5) is 10.3 Å². The fraction of sp³-hybridized carbons (Fsp3) is 0.111. The number of nitrogen functional groups attached to an aromatic ring is 1. The summed E-state index contributed by atoms with van der Waals surface area (Å²) in [5, 5.41) is 10.6. The van der Waals surface area contributed by atoms with Gasteiger partial charge in [-0.25, -0.2) is 0 Å². The topological polar surface area (TPSA) is 93.8 Å². The highest BCUT2D eigenvalue weighted by Crippen LogP contribution is 2.17. The fourth-order valence-corrected chi connectivity index (χ4v) is 1.68. The van der Waals surface area contributed by atoms with Crippen LogP contribution in [0.15, 0.2) is 18.3 Å². The number of nitrogens with zero attached hydrogens (tertiary/aromatic N) is 3. The molecule has 7 heteroatoms. The van der Waals surface area contributed by atoms with E-state index in [2.05, 4.69) is 20.5 Å². The second kappa shape index (κ2) is 4.23. The Morgan fingerprint density at radius 2 is 2.31 bits per heavy atom. The summed E-state index contributed by atoms with van der Waals surface area (Å²) < 4.78 is 0. The molecule has 2 aromatic rings. The molecule has 0 fully saturated rings. The van der Waals surface area contributed by atoms with E-state index in [1.165, 1.54) is 0 Å². The Hall–Kier alpha value is -2.02. The second-order valence-electron chi connectivity index (χ2n) is 3.04. The van der Waals surface area contributed by atoms with Gasteiger partial charge < -0.3 is 5.73 Å². The minimum absolute atomic E-state index is 0.262. The van der Waals surface area contributed by atoms with E-state index in [0.717, 1.165) is 11.3 Å². The Labute approximate surface area is 95.5 Å². The number of carbonyl (C=O) groups is 1. The first kappa shape index (κ1) is 10.5. The number of carbonyl (C=O) groups excluding carboxylic acids is 1. The molecule has 16 heavy (non-hydrogen) atoms. The van der Waals surface area contributed by atoms with Crippen molar-refractivity contribution in [2.24, 2.45) is 0 Å².